The van der Waals surface area contributed by atoms with Gasteiger partial charge in [-0.05, 0) is 30.7 Å². The Morgan fingerprint density at radius 3 is 2.70 bits per heavy atom. The highest BCUT2D eigenvalue weighted by Crippen LogP contribution is 2.24. The number of hydrogen-bond acceptors (Lipinski definition) is 5. The molecule has 1 aliphatic heterocycles. The van der Waals surface area contributed by atoms with Crippen molar-refractivity contribution in [1.29, 1.82) is 0 Å². The Bertz CT molecular complexity index is 690. The van der Waals surface area contributed by atoms with Crippen LogP contribution >= 0.6 is 0 Å². The molecule has 0 radical (unpaired) electrons. The minimum Gasteiger partial charge on any atom is -0.370 e. The maximum Gasteiger partial charge on any atom is 0.253 e. The molecule has 0 saturated carbocycles. The van der Waals surface area contributed by atoms with Gasteiger partial charge in [0.1, 0.15) is 18.5 Å². The molecule has 0 spiro atoms. The molecule has 1 aromatic carbocycles. The maximum atomic E-state index is 14.5. The van der Waals surface area contributed by atoms with Crippen LogP contribution in [-0.4, -0.2) is 62.7 Å². The van der Waals surface area contributed by atoms with Crippen LogP contribution in [0.2, 0.25) is 0 Å². The molecule has 7 nitrogen and oxygen atoms in total. The lowest BCUT2D eigenvalue weighted by atomic mass is 9.95. The SMILES string of the molecule is CN(CC(C)(C)C)[C@@H](CN)C(=O)Nc1ccc(N2CCOCC2=O)cc1F. The zero-order valence-corrected chi connectivity index (χ0v) is 16.4. The number of anilines is 2. The normalized spacial score (nSPS) is 16.6. The van der Waals surface area contributed by atoms with E-state index in [0.29, 0.717) is 25.4 Å². The van der Waals surface area contributed by atoms with E-state index in [1.807, 2.05) is 11.9 Å². The molecule has 2 amide bonds. The van der Waals surface area contributed by atoms with E-state index in [2.05, 4.69) is 26.1 Å². The van der Waals surface area contributed by atoms with E-state index in [1.54, 1.807) is 6.07 Å². The largest absolute Gasteiger partial charge is 0.370 e. The summed E-state index contributed by atoms with van der Waals surface area (Å²) in [6.45, 7) is 7.77. The fourth-order valence-corrected chi connectivity index (χ4v) is 3.13. The summed E-state index contributed by atoms with van der Waals surface area (Å²) in [6, 6.07) is 3.75. The molecule has 0 aromatic heterocycles. The van der Waals surface area contributed by atoms with Gasteiger partial charge in [-0.2, -0.15) is 0 Å². The molecule has 27 heavy (non-hydrogen) atoms. The predicted octanol–water partition coefficient (Wildman–Crippen LogP) is 1.43. The number of amides is 2. The number of ether oxygens (including phenoxy) is 1. The van der Waals surface area contributed by atoms with Gasteiger partial charge in [0, 0.05) is 25.3 Å². The minimum atomic E-state index is -0.602. The number of hydrogen-bond donors (Lipinski definition) is 2. The van der Waals surface area contributed by atoms with Gasteiger partial charge in [0.05, 0.1) is 12.3 Å². The maximum absolute atomic E-state index is 14.5. The lowest BCUT2D eigenvalue weighted by molar-refractivity contribution is -0.125. The first kappa shape index (κ1) is 21.3. The van der Waals surface area contributed by atoms with Gasteiger partial charge >= 0.3 is 0 Å². The number of likely N-dealkylation sites (N-methyl/N-ethyl adjacent to an activating group) is 1. The molecule has 150 valence electrons. The smallest absolute Gasteiger partial charge is 0.253 e. The van der Waals surface area contributed by atoms with Crippen LogP contribution in [0.3, 0.4) is 0 Å². The fraction of sp³-hybridized carbons (Fsp3) is 0.579. The number of nitrogens with zero attached hydrogens (tertiary/aromatic N) is 2. The Morgan fingerprint density at radius 1 is 1.44 bits per heavy atom. The van der Waals surface area contributed by atoms with Crippen LogP contribution in [0.15, 0.2) is 18.2 Å². The van der Waals surface area contributed by atoms with Crippen LogP contribution in [-0.2, 0) is 14.3 Å². The molecule has 1 saturated heterocycles. The first-order valence-electron chi connectivity index (χ1n) is 9.01. The van der Waals surface area contributed by atoms with Crippen molar-refractivity contribution in [3.05, 3.63) is 24.0 Å². The number of nitrogens with two attached hydrogens (primary N) is 1. The third-order valence-electron chi connectivity index (χ3n) is 4.29. The average molecular weight is 380 g/mol. The minimum absolute atomic E-state index is 0.0000424. The summed E-state index contributed by atoms with van der Waals surface area (Å²) < 4.78 is 19.6. The molecule has 2 rings (SSSR count). The second-order valence-electron chi connectivity index (χ2n) is 7.98. The van der Waals surface area contributed by atoms with Crippen LogP contribution in [0.5, 0.6) is 0 Å². The van der Waals surface area contributed by atoms with Crippen molar-refractivity contribution in [3.8, 4) is 0 Å². The highest BCUT2D eigenvalue weighted by molar-refractivity contribution is 5.97. The zero-order chi connectivity index (χ0) is 20.2. The molecule has 3 N–H and O–H groups in total. The summed E-state index contributed by atoms with van der Waals surface area (Å²) in [6.07, 6.45) is 0. The van der Waals surface area contributed by atoms with Crippen LogP contribution in [0.1, 0.15) is 20.8 Å². The van der Waals surface area contributed by atoms with Gasteiger partial charge in [-0.1, -0.05) is 20.8 Å². The second kappa shape index (κ2) is 8.77. The van der Waals surface area contributed by atoms with Gasteiger partial charge in [-0.25, -0.2) is 4.39 Å². The Balaban J connectivity index is 2.09. The van der Waals surface area contributed by atoms with Crippen molar-refractivity contribution in [1.82, 2.24) is 4.90 Å². The molecule has 1 aromatic rings. The molecule has 0 bridgehead atoms. The van der Waals surface area contributed by atoms with E-state index in [4.69, 9.17) is 10.5 Å². The summed E-state index contributed by atoms with van der Waals surface area (Å²) in [5.41, 5.74) is 6.28. The second-order valence-corrected chi connectivity index (χ2v) is 7.98. The third-order valence-corrected chi connectivity index (χ3v) is 4.29. The highest BCUT2D eigenvalue weighted by Gasteiger charge is 2.26. The van der Waals surface area contributed by atoms with Crippen LogP contribution in [0.4, 0.5) is 15.8 Å². The summed E-state index contributed by atoms with van der Waals surface area (Å²) in [5, 5.41) is 2.61. The average Bonchev–Trinajstić information content (AvgIpc) is 2.56. The summed E-state index contributed by atoms with van der Waals surface area (Å²) >= 11 is 0. The molecule has 0 aliphatic carbocycles. The standard InChI is InChI=1S/C19H29FN4O3/c1-19(2,3)12-23(4)16(10-21)18(26)22-15-6-5-13(9-14(15)20)24-7-8-27-11-17(24)25/h5-6,9,16H,7-8,10-12,21H2,1-4H3,(H,22,26)/t16-/m0/s1. The van der Waals surface area contributed by atoms with Crippen molar-refractivity contribution >= 4 is 23.2 Å². The number of morpholine rings is 1. The lowest BCUT2D eigenvalue weighted by Crippen LogP contribution is -2.49. The number of carbonyl (C=O) groups is 2. The molecule has 1 heterocycles. The molecule has 1 fully saturated rings. The first-order valence-corrected chi connectivity index (χ1v) is 9.01. The molecule has 0 unspecified atom stereocenters. The number of rotatable bonds is 6. The third kappa shape index (κ3) is 5.72. The topological polar surface area (TPSA) is 87.9 Å². The number of nitrogens with one attached hydrogen (secondary N) is 1. The van der Waals surface area contributed by atoms with E-state index in [1.165, 1.54) is 17.0 Å². The predicted molar refractivity (Wildman–Crippen MR) is 103 cm³/mol. The highest BCUT2D eigenvalue weighted by atomic mass is 19.1. The monoisotopic (exact) mass is 380 g/mol. The number of benzene rings is 1. The lowest BCUT2D eigenvalue weighted by Gasteiger charge is -2.32. The Kier molecular flexibility index (Phi) is 6.91. The number of carbonyl (C=O) groups excluding carboxylic acids is 2. The van der Waals surface area contributed by atoms with E-state index < -0.39 is 11.9 Å². The van der Waals surface area contributed by atoms with Gasteiger partial charge < -0.3 is 20.7 Å². The molecule has 8 heteroatoms. The van der Waals surface area contributed by atoms with Crippen molar-refractivity contribution < 1.29 is 18.7 Å². The van der Waals surface area contributed by atoms with Gasteiger partial charge in [-0.15, -0.1) is 0 Å². The fourth-order valence-electron chi connectivity index (χ4n) is 3.13. The van der Waals surface area contributed by atoms with Gasteiger partial charge in [0.15, 0.2) is 0 Å². The van der Waals surface area contributed by atoms with E-state index in [-0.39, 0.29) is 36.1 Å². The number of halogens is 1. The quantitative estimate of drug-likeness (QED) is 0.780. The van der Waals surface area contributed by atoms with Crippen LogP contribution in [0.25, 0.3) is 0 Å². The molecule has 1 aliphatic rings. The van der Waals surface area contributed by atoms with E-state index in [9.17, 15) is 14.0 Å². The van der Waals surface area contributed by atoms with Gasteiger partial charge in [-0.3, -0.25) is 14.5 Å². The summed E-state index contributed by atoms with van der Waals surface area (Å²) in [5.74, 6) is -1.18. The molecular weight excluding hydrogens is 351 g/mol. The van der Waals surface area contributed by atoms with Gasteiger partial charge in [0.2, 0.25) is 5.91 Å². The van der Waals surface area contributed by atoms with Crippen LogP contribution < -0.4 is 16.0 Å². The first-order chi connectivity index (χ1) is 12.6. The zero-order valence-electron chi connectivity index (χ0n) is 16.4. The van der Waals surface area contributed by atoms with Gasteiger partial charge in [0.25, 0.3) is 5.91 Å². The summed E-state index contributed by atoms with van der Waals surface area (Å²) in [4.78, 5) is 27.8. The summed E-state index contributed by atoms with van der Waals surface area (Å²) in [7, 11) is 1.83. The van der Waals surface area contributed by atoms with E-state index in [0.717, 1.165) is 0 Å². The van der Waals surface area contributed by atoms with Crippen molar-refractivity contribution in [2.24, 2.45) is 11.1 Å². The van der Waals surface area contributed by atoms with Crippen LogP contribution in [0, 0.1) is 11.2 Å². The molecular formula is C19H29FN4O3. The van der Waals surface area contributed by atoms with Crippen molar-refractivity contribution in [2.45, 2.75) is 26.8 Å². The molecule has 1 atom stereocenters. The Labute approximate surface area is 159 Å². The van der Waals surface area contributed by atoms with E-state index >= 15 is 0 Å². The van der Waals surface area contributed by atoms with Crippen molar-refractivity contribution in [3.63, 3.8) is 0 Å². The van der Waals surface area contributed by atoms with Crippen molar-refractivity contribution in [2.75, 3.05) is 50.1 Å². The Morgan fingerprint density at radius 2 is 2.15 bits per heavy atom. The Hall–Kier alpha value is -2.03.